The molecule has 128 valence electrons. The van der Waals surface area contributed by atoms with Gasteiger partial charge in [0, 0.05) is 5.75 Å². The van der Waals surface area contributed by atoms with Crippen LogP contribution in [0.3, 0.4) is 0 Å². The van der Waals surface area contributed by atoms with Crippen LogP contribution in [0.4, 0.5) is 0 Å². The van der Waals surface area contributed by atoms with Gasteiger partial charge in [0.1, 0.15) is 12.4 Å². The number of benzene rings is 2. The highest BCUT2D eigenvalue weighted by atomic mass is 32.2. The molecule has 0 aromatic heterocycles. The summed E-state index contributed by atoms with van der Waals surface area (Å²) in [5.74, 6) is 1.76. The molecule has 2 aromatic rings. The zero-order chi connectivity index (χ0) is 17.4. The van der Waals surface area contributed by atoms with Gasteiger partial charge in [-0.2, -0.15) is 0 Å². The number of ether oxygens (including phenoxy) is 1. The van der Waals surface area contributed by atoms with E-state index in [0.29, 0.717) is 6.61 Å². The first-order chi connectivity index (χ1) is 11.6. The fourth-order valence-electron chi connectivity index (χ4n) is 2.21. The van der Waals surface area contributed by atoms with Crippen molar-refractivity contribution >= 4 is 17.7 Å². The van der Waals surface area contributed by atoms with Crippen LogP contribution in [0.1, 0.15) is 25.0 Å². The fraction of sp³-hybridized carbons (Fsp3) is 0.350. The molecule has 2 aromatic carbocycles. The molecule has 0 saturated heterocycles. The zero-order valence-electron chi connectivity index (χ0n) is 14.5. The van der Waals surface area contributed by atoms with Crippen molar-refractivity contribution in [3.63, 3.8) is 0 Å². The molecule has 0 aliphatic rings. The molecule has 24 heavy (non-hydrogen) atoms. The van der Waals surface area contributed by atoms with Crippen LogP contribution >= 0.6 is 11.8 Å². The van der Waals surface area contributed by atoms with Crippen LogP contribution in [0, 0.1) is 6.92 Å². The predicted octanol–water partition coefficient (Wildman–Crippen LogP) is 4.20. The summed E-state index contributed by atoms with van der Waals surface area (Å²) in [5.41, 5.74) is 2.33. The molecule has 1 N–H and O–H groups in total. The third kappa shape index (κ3) is 5.93. The summed E-state index contributed by atoms with van der Waals surface area (Å²) in [7, 11) is 0. The lowest BCUT2D eigenvalue weighted by Gasteiger charge is -2.18. The first-order valence-electron chi connectivity index (χ1n) is 8.20. The molecule has 2 rings (SSSR count). The standard InChI is InChI=1S/C20H25NO2S/c1-15-9-7-8-12-19(15)23-13-16(2)21-20(22)17(3)24-14-18-10-5-4-6-11-18/h4-12,16-17H,13-14H2,1-3H3,(H,21,22)/t16-,17+/m0/s1. The van der Waals surface area contributed by atoms with E-state index >= 15 is 0 Å². The van der Waals surface area contributed by atoms with Crippen LogP contribution < -0.4 is 10.1 Å². The number of thioether (sulfide) groups is 1. The third-order valence-electron chi connectivity index (χ3n) is 3.68. The topological polar surface area (TPSA) is 38.3 Å². The average Bonchev–Trinajstić information content (AvgIpc) is 2.59. The van der Waals surface area contributed by atoms with Crippen molar-refractivity contribution in [1.82, 2.24) is 5.32 Å². The number of rotatable bonds is 8. The normalized spacial score (nSPS) is 13.1. The maximum absolute atomic E-state index is 12.3. The Kier molecular flexibility index (Phi) is 7.19. The number of hydrogen-bond donors (Lipinski definition) is 1. The fourth-order valence-corrected chi connectivity index (χ4v) is 3.06. The first-order valence-corrected chi connectivity index (χ1v) is 9.25. The van der Waals surface area contributed by atoms with Crippen molar-refractivity contribution in [3.8, 4) is 5.75 Å². The van der Waals surface area contributed by atoms with E-state index in [1.165, 1.54) is 5.56 Å². The second-order valence-corrected chi connectivity index (χ2v) is 7.25. The van der Waals surface area contributed by atoms with E-state index in [0.717, 1.165) is 17.1 Å². The van der Waals surface area contributed by atoms with Gasteiger partial charge in [-0.1, -0.05) is 48.5 Å². The van der Waals surface area contributed by atoms with Crippen LogP contribution in [0.25, 0.3) is 0 Å². The Bertz CT molecular complexity index is 645. The average molecular weight is 343 g/mol. The molecule has 0 aliphatic heterocycles. The van der Waals surface area contributed by atoms with Crippen molar-refractivity contribution in [2.45, 2.75) is 37.8 Å². The van der Waals surface area contributed by atoms with Gasteiger partial charge in [-0.3, -0.25) is 4.79 Å². The number of hydrogen-bond acceptors (Lipinski definition) is 3. The second-order valence-electron chi connectivity index (χ2n) is 5.92. The molecule has 0 fully saturated rings. The van der Waals surface area contributed by atoms with Crippen molar-refractivity contribution in [1.29, 1.82) is 0 Å². The smallest absolute Gasteiger partial charge is 0.233 e. The number of carbonyl (C=O) groups excluding carboxylic acids is 1. The lowest BCUT2D eigenvalue weighted by Crippen LogP contribution is -2.40. The molecular formula is C20H25NO2S. The summed E-state index contributed by atoms with van der Waals surface area (Å²) >= 11 is 1.64. The van der Waals surface area contributed by atoms with Gasteiger partial charge in [0.2, 0.25) is 5.91 Å². The minimum absolute atomic E-state index is 0.0307. The highest BCUT2D eigenvalue weighted by Gasteiger charge is 2.16. The van der Waals surface area contributed by atoms with E-state index in [-0.39, 0.29) is 17.2 Å². The van der Waals surface area contributed by atoms with E-state index in [1.807, 2.05) is 63.2 Å². The van der Waals surface area contributed by atoms with E-state index < -0.39 is 0 Å². The summed E-state index contributed by atoms with van der Waals surface area (Å²) in [6.45, 7) is 6.39. The van der Waals surface area contributed by atoms with Gasteiger partial charge < -0.3 is 10.1 Å². The summed E-state index contributed by atoms with van der Waals surface area (Å²) in [6.07, 6.45) is 0. The number of para-hydroxylation sites is 1. The van der Waals surface area contributed by atoms with E-state index in [9.17, 15) is 4.79 Å². The Morgan fingerprint density at radius 2 is 1.75 bits per heavy atom. The molecular weight excluding hydrogens is 318 g/mol. The lowest BCUT2D eigenvalue weighted by atomic mass is 10.2. The largest absolute Gasteiger partial charge is 0.491 e. The predicted molar refractivity (Wildman–Crippen MR) is 101 cm³/mol. The molecule has 3 nitrogen and oxygen atoms in total. The molecule has 0 aliphatic carbocycles. The van der Waals surface area contributed by atoms with Gasteiger partial charge in [0.15, 0.2) is 0 Å². The first kappa shape index (κ1) is 18.4. The van der Waals surface area contributed by atoms with E-state index in [2.05, 4.69) is 17.4 Å². The summed E-state index contributed by atoms with van der Waals surface area (Å²) < 4.78 is 5.79. The molecule has 4 heteroatoms. The number of carbonyl (C=O) groups is 1. The van der Waals surface area contributed by atoms with E-state index in [1.54, 1.807) is 11.8 Å². The van der Waals surface area contributed by atoms with Crippen LogP contribution in [0.2, 0.25) is 0 Å². The molecule has 1 amide bonds. The Labute approximate surface area is 148 Å². The molecule has 2 atom stereocenters. The van der Waals surface area contributed by atoms with Crippen LogP contribution in [-0.2, 0) is 10.5 Å². The maximum Gasteiger partial charge on any atom is 0.233 e. The third-order valence-corrected chi connectivity index (χ3v) is 4.90. The molecule has 0 saturated carbocycles. The monoisotopic (exact) mass is 343 g/mol. The number of nitrogens with one attached hydrogen (secondary N) is 1. The lowest BCUT2D eigenvalue weighted by molar-refractivity contribution is -0.121. The highest BCUT2D eigenvalue weighted by Crippen LogP contribution is 2.18. The van der Waals surface area contributed by atoms with Crippen LogP contribution in [0.15, 0.2) is 54.6 Å². The van der Waals surface area contributed by atoms with Crippen molar-refractivity contribution in [2.75, 3.05) is 6.61 Å². The Morgan fingerprint density at radius 1 is 1.08 bits per heavy atom. The SMILES string of the molecule is Cc1ccccc1OC[C@H](C)NC(=O)[C@@H](C)SCc1ccccc1. The van der Waals surface area contributed by atoms with Crippen molar-refractivity contribution < 1.29 is 9.53 Å². The van der Waals surface area contributed by atoms with Gasteiger partial charge in [0.25, 0.3) is 0 Å². The zero-order valence-corrected chi connectivity index (χ0v) is 15.3. The van der Waals surface area contributed by atoms with Gasteiger partial charge in [-0.15, -0.1) is 11.8 Å². The number of aryl methyl sites for hydroxylation is 1. The quantitative estimate of drug-likeness (QED) is 0.781. The Hall–Kier alpha value is -1.94. The van der Waals surface area contributed by atoms with Gasteiger partial charge in [-0.25, -0.2) is 0 Å². The van der Waals surface area contributed by atoms with Gasteiger partial charge >= 0.3 is 0 Å². The summed E-state index contributed by atoms with van der Waals surface area (Å²) in [5, 5.41) is 2.93. The number of amides is 1. The van der Waals surface area contributed by atoms with Crippen LogP contribution in [0.5, 0.6) is 5.75 Å². The van der Waals surface area contributed by atoms with Gasteiger partial charge in [0.05, 0.1) is 11.3 Å². The van der Waals surface area contributed by atoms with Gasteiger partial charge in [-0.05, 0) is 38.0 Å². The molecule has 0 radical (unpaired) electrons. The molecule has 0 unspecified atom stereocenters. The van der Waals surface area contributed by atoms with Crippen molar-refractivity contribution in [2.24, 2.45) is 0 Å². The maximum atomic E-state index is 12.3. The Morgan fingerprint density at radius 3 is 2.46 bits per heavy atom. The summed E-state index contributed by atoms with van der Waals surface area (Å²) in [6, 6.07) is 18.1. The minimum Gasteiger partial charge on any atom is -0.491 e. The minimum atomic E-state index is -0.0916. The molecule has 0 heterocycles. The van der Waals surface area contributed by atoms with Crippen LogP contribution in [-0.4, -0.2) is 23.8 Å². The molecule has 0 spiro atoms. The van der Waals surface area contributed by atoms with Crippen molar-refractivity contribution in [3.05, 3.63) is 65.7 Å². The summed E-state index contributed by atoms with van der Waals surface area (Å²) in [4.78, 5) is 12.3. The van der Waals surface area contributed by atoms with E-state index in [4.69, 9.17) is 4.74 Å². The highest BCUT2D eigenvalue weighted by molar-refractivity contribution is 7.99. The molecule has 0 bridgehead atoms. The second kappa shape index (κ2) is 9.38. The Balaban J connectivity index is 1.73.